The maximum absolute atomic E-state index is 5.19. The number of nitrogens with zero attached hydrogens (tertiary/aromatic N) is 1. The predicted octanol–water partition coefficient (Wildman–Crippen LogP) is 2.52. The molecule has 1 saturated heterocycles. The van der Waals surface area contributed by atoms with E-state index < -0.39 is 0 Å². The molecule has 0 bridgehead atoms. The first-order chi connectivity index (χ1) is 8.63. The molecule has 1 aliphatic rings. The van der Waals surface area contributed by atoms with Crippen molar-refractivity contribution in [2.75, 3.05) is 38.7 Å². The Labute approximate surface area is 110 Å². The maximum Gasteiger partial charge on any atom is 0.119 e. The van der Waals surface area contributed by atoms with Gasteiger partial charge in [-0.15, -0.1) is 0 Å². The fraction of sp³-hybridized carbons (Fsp3) is 0.600. The molecule has 1 aromatic rings. The smallest absolute Gasteiger partial charge is 0.119 e. The summed E-state index contributed by atoms with van der Waals surface area (Å²) in [6.07, 6.45) is 2.51. The number of rotatable bonds is 4. The zero-order valence-corrected chi connectivity index (χ0v) is 11.7. The molecule has 0 spiro atoms. The molecule has 100 valence electrons. The molecule has 18 heavy (non-hydrogen) atoms. The van der Waals surface area contributed by atoms with Gasteiger partial charge in [-0.1, -0.05) is 6.92 Å². The number of anilines is 1. The van der Waals surface area contributed by atoms with E-state index in [1.165, 1.54) is 18.5 Å². The topological polar surface area (TPSA) is 24.5 Å². The summed E-state index contributed by atoms with van der Waals surface area (Å²) in [6.45, 7) is 5.80. The number of methoxy groups -OCH3 is 1. The summed E-state index contributed by atoms with van der Waals surface area (Å²) in [6, 6.07) is 8.31. The third-order valence-corrected chi connectivity index (χ3v) is 3.94. The van der Waals surface area contributed by atoms with Gasteiger partial charge in [-0.2, -0.15) is 0 Å². The minimum Gasteiger partial charge on any atom is -0.497 e. The molecule has 0 atom stereocenters. The molecular formula is C15H24N2O. The largest absolute Gasteiger partial charge is 0.497 e. The highest BCUT2D eigenvalue weighted by Gasteiger charge is 2.28. The molecule has 0 unspecified atom stereocenters. The molecule has 1 heterocycles. The van der Waals surface area contributed by atoms with Crippen molar-refractivity contribution in [2.45, 2.75) is 19.8 Å². The van der Waals surface area contributed by atoms with Crippen LogP contribution in [0.3, 0.4) is 0 Å². The second-order valence-electron chi connectivity index (χ2n) is 5.61. The SMILES string of the molecule is COc1ccc(N(C)CC2(C)CCNCC2)cc1. The van der Waals surface area contributed by atoms with Crippen LogP contribution in [0.2, 0.25) is 0 Å². The van der Waals surface area contributed by atoms with Crippen LogP contribution in [0, 0.1) is 5.41 Å². The van der Waals surface area contributed by atoms with Crippen LogP contribution < -0.4 is 15.0 Å². The lowest BCUT2D eigenvalue weighted by Crippen LogP contribution is -2.42. The summed E-state index contributed by atoms with van der Waals surface area (Å²) in [5, 5.41) is 3.43. The second kappa shape index (κ2) is 5.61. The van der Waals surface area contributed by atoms with Gasteiger partial charge < -0.3 is 15.0 Å². The highest BCUT2D eigenvalue weighted by molar-refractivity contribution is 5.48. The number of piperidine rings is 1. The van der Waals surface area contributed by atoms with Crippen molar-refractivity contribution in [1.29, 1.82) is 0 Å². The van der Waals surface area contributed by atoms with E-state index in [1.807, 2.05) is 12.1 Å². The number of nitrogens with one attached hydrogen (secondary N) is 1. The first-order valence-electron chi connectivity index (χ1n) is 6.69. The fourth-order valence-corrected chi connectivity index (χ4v) is 2.69. The van der Waals surface area contributed by atoms with Crippen LogP contribution in [-0.2, 0) is 0 Å². The number of hydrogen-bond donors (Lipinski definition) is 1. The average molecular weight is 248 g/mol. The Balaban J connectivity index is 1.99. The molecule has 1 aliphatic heterocycles. The molecule has 0 aromatic heterocycles. The van der Waals surface area contributed by atoms with E-state index in [0.29, 0.717) is 5.41 Å². The van der Waals surface area contributed by atoms with Gasteiger partial charge in [0.05, 0.1) is 7.11 Å². The van der Waals surface area contributed by atoms with Gasteiger partial charge in [0.2, 0.25) is 0 Å². The molecule has 3 heteroatoms. The van der Waals surface area contributed by atoms with Crippen LogP contribution in [0.5, 0.6) is 5.75 Å². The first kappa shape index (κ1) is 13.2. The van der Waals surface area contributed by atoms with Crippen molar-refractivity contribution in [2.24, 2.45) is 5.41 Å². The van der Waals surface area contributed by atoms with Crippen LogP contribution in [0.15, 0.2) is 24.3 Å². The second-order valence-corrected chi connectivity index (χ2v) is 5.61. The molecule has 1 N–H and O–H groups in total. The van der Waals surface area contributed by atoms with Crippen molar-refractivity contribution in [3.63, 3.8) is 0 Å². The van der Waals surface area contributed by atoms with E-state index in [9.17, 15) is 0 Å². The monoisotopic (exact) mass is 248 g/mol. The van der Waals surface area contributed by atoms with Gasteiger partial charge in [-0.25, -0.2) is 0 Å². The summed E-state index contributed by atoms with van der Waals surface area (Å²) in [5.74, 6) is 0.917. The van der Waals surface area contributed by atoms with Gasteiger partial charge in [0.1, 0.15) is 5.75 Å². The Hall–Kier alpha value is -1.22. The molecular weight excluding hydrogens is 224 g/mol. The zero-order chi connectivity index (χ0) is 13.0. The third-order valence-electron chi connectivity index (χ3n) is 3.94. The Morgan fingerprint density at radius 3 is 2.39 bits per heavy atom. The maximum atomic E-state index is 5.19. The molecule has 0 amide bonds. The number of ether oxygens (including phenoxy) is 1. The number of hydrogen-bond acceptors (Lipinski definition) is 3. The minimum atomic E-state index is 0.430. The van der Waals surface area contributed by atoms with Gasteiger partial charge in [-0.05, 0) is 55.6 Å². The molecule has 3 nitrogen and oxygen atoms in total. The van der Waals surface area contributed by atoms with Gasteiger partial charge in [-0.3, -0.25) is 0 Å². The van der Waals surface area contributed by atoms with Crippen molar-refractivity contribution in [3.8, 4) is 5.75 Å². The van der Waals surface area contributed by atoms with Crippen molar-refractivity contribution >= 4 is 5.69 Å². The van der Waals surface area contributed by atoms with E-state index in [0.717, 1.165) is 25.4 Å². The lowest BCUT2D eigenvalue weighted by Gasteiger charge is -2.38. The van der Waals surface area contributed by atoms with Gasteiger partial charge in [0, 0.05) is 19.3 Å². The highest BCUT2D eigenvalue weighted by atomic mass is 16.5. The van der Waals surface area contributed by atoms with E-state index in [1.54, 1.807) is 7.11 Å². The molecule has 0 saturated carbocycles. The van der Waals surface area contributed by atoms with E-state index >= 15 is 0 Å². The molecule has 2 rings (SSSR count). The highest BCUT2D eigenvalue weighted by Crippen LogP contribution is 2.30. The molecule has 1 aromatic carbocycles. The van der Waals surface area contributed by atoms with Crippen molar-refractivity contribution in [3.05, 3.63) is 24.3 Å². The Morgan fingerprint density at radius 1 is 1.22 bits per heavy atom. The molecule has 0 radical (unpaired) electrons. The fourth-order valence-electron chi connectivity index (χ4n) is 2.69. The lowest BCUT2D eigenvalue weighted by molar-refractivity contribution is 0.237. The summed E-state index contributed by atoms with van der Waals surface area (Å²) < 4.78 is 5.19. The van der Waals surface area contributed by atoms with Gasteiger partial charge >= 0.3 is 0 Å². The van der Waals surface area contributed by atoms with Crippen molar-refractivity contribution < 1.29 is 4.74 Å². The lowest BCUT2D eigenvalue weighted by atomic mass is 9.80. The zero-order valence-electron chi connectivity index (χ0n) is 11.7. The van der Waals surface area contributed by atoms with Crippen LogP contribution in [-0.4, -0.2) is 33.8 Å². The summed E-state index contributed by atoms with van der Waals surface area (Å²) in [7, 11) is 3.88. The summed E-state index contributed by atoms with van der Waals surface area (Å²) in [5.41, 5.74) is 1.69. The van der Waals surface area contributed by atoms with Gasteiger partial charge in [0.25, 0.3) is 0 Å². The quantitative estimate of drug-likeness (QED) is 0.886. The Kier molecular flexibility index (Phi) is 4.12. The number of benzene rings is 1. The third kappa shape index (κ3) is 3.16. The first-order valence-corrected chi connectivity index (χ1v) is 6.69. The van der Waals surface area contributed by atoms with Crippen LogP contribution >= 0.6 is 0 Å². The summed E-state index contributed by atoms with van der Waals surface area (Å²) >= 11 is 0. The Morgan fingerprint density at radius 2 is 1.83 bits per heavy atom. The standard InChI is InChI=1S/C15H24N2O/c1-15(8-10-16-11-9-15)12-17(2)13-4-6-14(18-3)7-5-13/h4-7,16H,8-12H2,1-3H3. The predicted molar refractivity (Wildman–Crippen MR) is 76.5 cm³/mol. The van der Waals surface area contributed by atoms with E-state index in [4.69, 9.17) is 4.74 Å². The van der Waals surface area contributed by atoms with Gasteiger partial charge in [0.15, 0.2) is 0 Å². The molecule has 1 fully saturated rings. The molecule has 0 aliphatic carbocycles. The minimum absolute atomic E-state index is 0.430. The van der Waals surface area contributed by atoms with Crippen molar-refractivity contribution in [1.82, 2.24) is 5.32 Å². The van der Waals surface area contributed by atoms with E-state index in [-0.39, 0.29) is 0 Å². The van der Waals surface area contributed by atoms with Crippen LogP contribution in [0.25, 0.3) is 0 Å². The summed E-state index contributed by atoms with van der Waals surface area (Å²) in [4.78, 5) is 2.35. The van der Waals surface area contributed by atoms with E-state index in [2.05, 4.69) is 36.3 Å². The van der Waals surface area contributed by atoms with Crippen LogP contribution in [0.4, 0.5) is 5.69 Å². The Bertz CT molecular complexity index is 369. The average Bonchev–Trinajstić information content (AvgIpc) is 2.39. The normalized spacial score (nSPS) is 18.4. The van der Waals surface area contributed by atoms with Crippen LogP contribution in [0.1, 0.15) is 19.8 Å².